The maximum Gasteiger partial charge on any atom is 0.175 e. The fourth-order valence-corrected chi connectivity index (χ4v) is 3.65. The third kappa shape index (κ3) is 3.37. The maximum atomic E-state index is 11.8. The zero-order chi connectivity index (χ0) is 17.6. The number of hydrogen-bond donors (Lipinski definition) is 1. The van der Waals surface area contributed by atoms with Crippen molar-refractivity contribution in [2.24, 2.45) is 0 Å². The Bertz CT molecular complexity index is 965. The second-order valence-corrected chi connectivity index (χ2v) is 8.85. The fourth-order valence-electron chi connectivity index (χ4n) is 2.97. The SMILES string of the molecule is CS(=O)(=O)c1cc(C#N)cc(NCc2nnc(C3CC3)n2C2CC2)c1. The summed E-state index contributed by atoms with van der Waals surface area (Å²) in [4.78, 5) is 0.136. The van der Waals surface area contributed by atoms with Crippen molar-refractivity contribution in [2.75, 3.05) is 11.6 Å². The first-order valence-electron chi connectivity index (χ1n) is 8.38. The van der Waals surface area contributed by atoms with Crippen LogP contribution in [0, 0.1) is 11.3 Å². The van der Waals surface area contributed by atoms with Crippen molar-refractivity contribution < 1.29 is 8.42 Å². The molecule has 1 N–H and O–H groups in total. The zero-order valence-corrected chi connectivity index (χ0v) is 14.8. The van der Waals surface area contributed by atoms with Gasteiger partial charge >= 0.3 is 0 Å². The van der Waals surface area contributed by atoms with Gasteiger partial charge in [-0.3, -0.25) is 0 Å². The van der Waals surface area contributed by atoms with Crippen molar-refractivity contribution in [3.63, 3.8) is 0 Å². The molecule has 25 heavy (non-hydrogen) atoms. The van der Waals surface area contributed by atoms with Gasteiger partial charge in [0.1, 0.15) is 5.82 Å². The van der Waals surface area contributed by atoms with Gasteiger partial charge in [-0.05, 0) is 43.9 Å². The molecular formula is C17H19N5O2S. The van der Waals surface area contributed by atoms with Crippen LogP contribution in [0.2, 0.25) is 0 Å². The van der Waals surface area contributed by atoms with Crippen LogP contribution in [-0.2, 0) is 16.4 Å². The highest BCUT2D eigenvalue weighted by Gasteiger charge is 2.36. The minimum atomic E-state index is -3.38. The van der Waals surface area contributed by atoms with Crippen molar-refractivity contribution in [2.45, 2.75) is 49.1 Å². The molecule has 0 saturated heterocycles. The summed E-state index contributed by atoms with van der Waals surface area (Å²) in [7, 11) is -3.38. The van der Waals surface area contributed by atoms with E-state index in [1.807, 2.05) is 6.07 Å². The Hall–Kier alpha value is -2.40. The number of aromatic nitrogens is 3. The number of nitrogens with one attached hydrogen (secondary N) is 1. The molecule has 2 saturated carbocycles. The summed E-state index contributed by atoms with van der Waals surface area (Å²) in [6.45, 7) is 0.453. The monoisotopic (exact) mass is 357 g/mol. The van der Waals surface area contributed by atoms with Crippen LogP contribution in [-0.4, -0.2) is 29.4 Å². The predicted octanol–water partition coefficient (Wildman–Crippen LogP) is 2.38. The third-order valence-corrected chi connectivity index (χ3v) is 5.65. The maximum absolute atomic E-state index is 11.8. The Balaban J connectivity index is 1.59. The van der Waals surface area contributed by atoms with Gasteiger partial charge in [0, 0.05) is 23.9 Å². The van der Waals surface area contributed by atoms with Gasteiger partial charge in [0.15, 0.2) is 15.7 Å². The van der Waals surface area contributed by atoms with Crippen LogP contribution < -0.4 is 5.32 Å². The molecule has 0 unspecified atom stereocenters. The largest absolute Gasteiger partial charge is 0.378 e. The van der Waals surface area contributed by atoms with Crippen molar-refractivity contribution in [3.8, 4) is 6.07 Å². The van der Waals surface area contributed by atoms with Crippen molar-refractivity contribution in [1.82, 2.24) is 14.8 Å². The number of anilines is 1. The smallest absolute Gasteiger partial charge is 0.175 e. The molecule has 0 bridgehead atoms. The van der Waals surface area contributed by atoms with Gasteiger partial charge in [-0.2, -0.15) is 5.26 Å². The average Bonchev–Trinajstić information content (AvgIpc) is 3.50. The molecule has 2 aromatic rings. The summed E-state index contributed by atoms with van der Waals surface area (Å²) in [5.41, 5.74) is 0.908. The van der Waals surface area contributed by atoms with E-state index in [1.165, 1.54) is 18.9 Å². The van der Waals surface area contributed by atoms with Crippen LogP contribution in [0.3, 0.4) is 0 Å². The zero-order valence-electron chi connectivity index (χ0n) is 13.9. The van der Waals surface area contributed by atoms with Gasteiger partial charge < -0.3 is 9.88 Å². The highest BCUT2D eigenvalue weighted by atomic mass is 32.2. The minimum absolute atomic E-state index is 0.136. The second-order valence-electron chi connectivity index (χ2n) is 6.83. The Morgan fingerprint density at radius 1 is 1.24 bits per heavy atom. The van der Waals surface area contributed by atoms with Gasteiger partial charge in [-0.1, -0.05) is 0 Å². The first kappa shape index (κ1) is 16.1. The molecule has 8 heteroatoms. The van der Waals surface area contributed by atoms with E-state index in [2.05, 4.69) is 20.1 Å². The van der Waals surface area contributed by atoms with Gasteiger partial charge in [0.05, 0.1) is 23.1 Å². The number of rotatable bonds is 6. The highest BCUT2D eigenvalue weighted by molar-refractivity contribution is 7.90. The lowest BCUT2D eigenvalue weighted by molar-refractivity contribution is 0.602. The van der Waals surface area contributed by atoms with E-state index in [0.717, 1.165) is 30.7 Å². The van der Waals surface area contributed by atoms with Crippen molar-refractivity contribution in [1.29, 1.82) is 5.26 Å². The number of sulfone groups is 1. The van der Waals surface area contributed by atoms with E-state index in [4.69, 9.17) is 5.26 Å². The molecule has 7 nitrogen and oxygen atoms in total. The molecule has 130 valence electrons. The van der Waals surface area contributed by atoms with Crippen LogP contribution in [0.15, 0.2) is 23.1 Å². The van der Waals surface area contributed by atoms with E-state index in [1.54, 1.807) is 12.1 Å². The van der Waals surface area contributed by atoms with E-state index in [-0.39, 0.29) is 4.90 Å². The molecule has 2 aliphatic carbocycles. The van der Waals surface area contributed by atoms with Crippen molar-refractivity contribution in [3.05, 3.63) is 35.4 Å². The highest BCUT2D eigenvalue weighted by Crippen LogP contribution is 2.44. The molecule has 1 heterocycles. The Morgan fingerprint density at radius 2 is 2.00 bits per heavy atom. The number of hydrogen-bond acceptors (Lipinski definition) is 6. The summed E-state index contributed by atoms with van der Waals surface area (Å²) >= 11 is 0. The van der Waals surface area contributed by atoms with Crippen molar-refractivity contribution >= 4 is 15.5 Å². The predicted molar refractivity (Wildman–Crippen MR) is 91.9 cm³/mol. The Morgan fingerprint density at radius 3 is 2.60 bits per heavy atom. The van der Waals surface area contributed by atoms with E-state index in [0.29, 0.717) is 29.8 Å². The van der Waals surface area contributed by atoms with E-state index >= 15 is 0 Å². The molecule has 1 aromatic carbocycles. The number of nitriles is 1. The topological polar surface area (TPSA) is 101 Å². The molecule has 2 fully saturated rings. The minimum Gasteiger partial charge on any atom is -0.378 e. The molecule has 4 rings (SSSR count). The molecular weight excluding hydrogens is 338 g/mol. The number of nitrogens with zero attached hydrogens (tertiary/aromatic N) is 4. The van der Waals surface area contributed by atoms with Gasteiger partial charge in [-0.25, -0.2) is 8.42 Å². The van der Waals surface area contributed by atoms with Gasteiger partial charge in [0.25, 0.3) is 0 Å². The second kappa shape index (κ2) is 5.85. The first-order valence-corrected chi connectivity index (χ1v) is 10.3. The van der Waals surface area contributed by atoms with E-state index < -0.39 is 9.84 Å². The molecule has 0 amide bonds. The summed E-state index contributed by atoms with van der Waals surface area (Å²) in [5.74, 6) is 2.50. The van der Waals surface area contributed by atoms with Crippen LogP contribution in [0.1, 0.15) is 54.9 Å². The number of benzene rings is 1. The summed E-state index contributed by atoms with van der Waals surface area (Å²) in [6, 6.07) is 7.09. The third-order valence-electron chi connectivity index (χ3n) is 4.56. The Labute approximate surface area is 146 Å². The quantitative estimate of drug-likeness (QED) is 0.852. The summed E-state index contributed by atoms with van der Waals surface area (Å²) < 4.78 is 25.8. The summed E-state index contributed by atoms with van der Waals surface area (Å²) in [5, 5.41) is 21.0. The lowest BCUT2D eigenvalue weighted by Crippen LogP contribution is -2.10. The fraction of sp³-hybridized carbons (Fsp3) is 0.471. The lowest BCUT2D eigenvalue weighted by atomic mass is 10.2. The van der Waals surface area contributed by atoms with Crippen LogP contribution >= 0.6 is 0 Å². The molecule has 1 aromatic heterocycles. The van der Waals surface area contributed by atoms with Crippen LogP contribution in [0.25, 0.3) is 0 Å². The molecule has 2 aliphatic rings. The molecule has 0 radical (unpaired) electrons. The normalized spacial score (nSPS) is 17.3. The molecule has 0 atom stereocenters. The van der Waals surface area contributed by atoms with Gasteiger partial charge in [-0.15, -0.1) is 10.2 Å². The van der Waals surface area contributed by atoms with Crippen LogP contribution in [0.5, 0.6) is 0 Å². The van der Waals surface area contributed by atoms with Gasteiger partial charge in [0.2, 0.25) is 0 Å². The van der Waals surface area contributed by atoms with E-state index in [9.17, 15) is 8.42 Å². The first-order chi connectivity index (χ1) is 12.0. The lowest BCUT2D eigenvalue weighted by Gasteiger charge is -2.11. The Kier molecular flexibility index (Phi) is 3.76. The standard InChI is InChI=1S/C17H19N5O2S/c1-25(23,24)15-7-11(9-18)6-13(8-15)19-10-16-20-21-17(12-2-3-12)22(16)14-4-5-14/h6-8,12,14,19H,2-5,10H2,1H3. The van der Waals surface area contributed by atoms with Crippen LogP contribution in [0.4, 0.5) is 5.69 Å². The summed E-state index contributed by atoms with van der Waals surface area (Å²) in [6.07, 6.45) is 5.82. The average molecular weight is 357 g/mol. The molecule has 0 spiro atoms. The molecule has 0 aliphatic heterocycles.